The number of Topliss-reactive ketones (excluding diaryl/α,β-unsaturated/α-hetero) is 1. The van der Waals surface area contributed by atoms with Crippen molar-refractivity contribution in [3.63, 3.8) is 0 Å². The van der Waals surface area contributed by atoms with Crippen molar-refractivity contribution in [1.29, 1.82) is 5.26 Å². The third-order valence-corrected chi connectivity index (χ3v) is 1.45. The number of rotatable bonds is 1. The van der Waals surface area contributed by atoms with Crippen LogP contribution in [0.25, 0.3) is 0 Å². The van der Waals surface area contributed by atoms with E-state index in [9.17, 15) is 4.79 Å². The fraction of sp³-hybridized carbons (Fsp3) is 0.222. The molecule has 3 nitrogen and oxygen atoms in total. The molecule has 0 aromatic carbocycles. The Balaban J connectivity index is 3.19. The zero-order valence-corrected chi connectivity index (χ0v) is 6.96. The van der Waals surface area contributed by atoms with E-state index in [-0.39, 0.29) is 0 Å². The predicted molar refractivity (Wildman–Crippen MR) is 43.7 cm³/mol. The van der Waals surface area contributed by atoms with E-state index in [0.717, 1.165) is 11.4 Å². The molecule has 0 amide bonds. The van der Waals surface area contributed by atoms with Gasteiger partial charge in [0.05, 0.1) is 0 Å². The zero-order valence-electron chi connectivity index (χ0n) is 6.96. The van der Waals surface area contributed by atoms with Gasteiger partial charge in [-0.25, -0.2) is 0 Å². The standard InChI is InChI=1S/C9H8N2O/c1-6-3-8(9(12)5-10)4-7(2)11-6/h3-4H,1-2H3. The molecule has 1 rings (SSSR count). The first kappa shape index (κ1) is 8.41. The van der Waals surface area contributed by atoms with E-state index >= 15 is 0 Å². The Kier molecular flexibility index (Phi) is 2.20. The Morgan fingerprint density at radius 1 is 1.42 bits per heavy atom. The zero-order chi connectivity index (χ0) is 9.14. The lowest BCUT2D eigenvalue weighted by Gasteiger charge is -1.97. The van der Waals surface area contributed by atoms with E-state index in [1.54, 1.807) is 32.0 Å². The quantitative estimate of drug-likeness (QED) is 0.461. The lowest BCUT2D eigenvalue weighted by molar-refractivity contribution is 0.105. The van der Waals surface area contributed by atoms with Crippen molar-refractivity contribution < 1.29 is 4.79 Å². The van der Waals surface area contributed by atoms with E-state index in [1.807, 2.05) is 0 Å². The van der Waals surface area contributed by atoms with E-state index in [1.165, 1.54) is 0 Å². The minimum Gasteiger partial charge on any atom is -0.277 e. The van der Waals surface area contributed by atoms with Crippen molar-refractivity contribution in [3.8, 4) is 6.07 Å². The number of ketones is 1. The van der Waals surface area contributed by atoms with Crippen LogP contribution in [0.3, 0.4) is 0 Å². The molecular formula is C9H8N2O. The molecule has 0 aliphatic carbocycles. The Bertz CT molecular complexity index is 343. The lowest BCUT2D eigenvalue weighted by atomic mass is 10.1. The normalized spacial score (nSPS) is 9.08. The second-order valence-electron chi connectivity index (χ2n) is 2.58. The summed E-state index contributed by atoms with van der Waals surface area (Å²) in [4.78, 5) is 15.0. The molecule has 0 unspecified atom stereocenters. The summed E-state index contributed by atoms with van der Waals surface area (Å²) < 4.78 is 0. The summed E-state index contributed by atoms with van der Waals surface area (Å²) in [6.07, 6.45) is 0. The van der Waals surface area contributed by atoms with Crippen LogP contribution in [0.2, 0.25) is 0 Å². The SMILES string of the molecule is Cc1cc(C(=O)C#N)cc(C)n1. The summed E-state index contributed by atoms with van der Waals surface area (Å²) in [7, 11) is 0. The number of aromatic nitrogens is 1. The van der Waals surface area contributed by atoms with Crippen LogP contribution in [0.15, 0.2) is 12.1 Å². The molecule has 0 saturated heterocycles. The first-order chi connectivity index (χ1) is 5.63. The third kappa shape index (κ3) is 1.67. The first-order valence-electron chi connectivity index (χ1n) is 3.53. The Hall–Kier alpha value is -1.69. The largest absolute Gasteiger partial charge is 0.277 e. The van der Waals surface area contributed by atoms with Gasteiger partial charge in [-0.05, 0) is 26.0 Å². The van der Waals surface area contributed by atoms with Crippen molar-refractivity contribution in [2.75, 3.05) is 0 Å². The maximum atomic E-state index is 10.9. The Labute approximate surface area is 70.7 Å². The van der Waals surface area contributed by atoms with Crippen LogP contribution in [-0.2, 0) is 0 Å². The van der Waals surface area contributed by atoms with Gasteiger partial charge in [0.25, 0.3) is 5.78 Å². The van der Waals surface area contributed by atoms with Gasteiger partial charge in [-0.2, -0.15) is 5.26 Å². The number of nitrogens with zero attached hydrogens (tertiary/aromatic N) is 2. The molecule has 12 heavy (non-hydrogen) atoms. The highest BCUT2D eigenvalue weighted by atomic mass is 16.1. The minimum atomic E-state index is -0.511. The molecule has 1 heterocycles. The number of carbonyl (C=O) groups excluding carboxylic acids is 1. The number of hydrogen-bond donors (Lipinski definition) is 0. The van der Waals surface area contributed by atoms with Crippen LogP contribution in [0.1, 0.15) is 21.7 Å². The Morgan fingerprint density at radius 2 is 1.92 bits per heavy atom. The van der Waals surface area contributed by atoms with Gasteiger partial charge in [0, 0.05) is 17.0 Å². The minimum absolute atomic E-state index is 0.419. The molecule has 0 atom stereocenters. The number of pyridine rings is 1. The summed E-state index contributed by atoms with van der Waals surface area (Å²) in [5, 5.41) is 8.35. The van der Waals surface area contributed by atoms with Crippen LogP contribution >= 0.6 is 0 Å². The lowest BCUT2D eigenvalue weighted by Crippen LogP contribution is -1.97. The van der Waals surface area contributed by atoms with Crippen LogP contribution in [0.5, 0.6) is 0 Å². The van der Waals surface area contributed by atoms with Crippen LogP contribution in [0, 0.1) is 25.2 Å². The fourth-order valence-electron chi connectivity index (χ4n) is 1.03. The van der Waals surface area contributed by atoms with Gasteiger partial charge in [0.2, 0.25) is 0 Å². The second-order valence-corrected chi connectivity index (χ2v) is 2.58. The highest BCUT2D eigenvalue weighted by molar-refractivity contribution is 6.07. The number of carbonyl (C=O) groups is 1. The summed E-state index contributed by atoms with van der Waals surface area (Å²) >= 11 is 0. The number of nitriles is 1. The van der Waals surface area contributed by atoms with Gasteiger partial charge in [-0.1, -0.05) is 0 Å². The second kappa shape index (κ2) is 3.14. The molecule has 0 saturated carbocycles. The topological polar surface area (TPSA) is 53.8 Å². The fourth-order valence-corrected chi connectivity index (χ4v) is 1.03. The van der Waals surface area contributed by atoms with Gasteiger partial charge >= 0.3 is 0 Å². The maximum absolute atomic E-state index is 10.9. The smallest absolute Gasteiger partial charge is 0.262 e. The van der Waals surface area contributed by atoms with Gasteiger partial charge in [-0.15, -0.1) is 0 Å². The number of aryl methyl sites for hydroxylation is 2. The highest BCUT2D eigenvalue weighted by Crippen LogP contribution is 2.04. The van der Waals surface area contributed by atoms with E-state index in [0.29, 0.717) is 5.56 Å². The van der Waals surface area contributed by atoms with Crippen LogP contribution < -0.4 is 0 Å². The average molecular weight is 160 g/mol. The van der Waals surface area contributed by atoms with Gasteiger partial charge in [0.15, 0.2) is 0 Å². The molecule has 0 aliphatic heterocycles. The first-order valence-corrected chi connectivity index (χ1v) is 3.53. The summed E-state index contributed by atoms with van der Waals surface area (Å²) in [6, 6.07) is 4.79. The monoisotopic (exact) mass is 160 g/mol. The molecule has 60 valence electrons. The van der Waals surface area contributed by atoms with Crippen molar-refractivity contribution in [1.82, 2.24) is 4.98 Å². The van der Waals surface area contributed by atoms with Crippen molar-refractivity contribution in [2.45, 2.75) is 13.8 Å². The molecule has 1 aromatic heterocycles. The van der Waals surface area contributed by atoms with Crippen molar-refractivity contribution in [2.24, 2.45) is 0 Å². The van der Waals surface area contributed by atoms with Crippen molar-refractivity contribution in [3.05, 3.63) is 29.1 Å². The Morgan fingerprint density at radius 3 is 2.33 bits per heavy atom. The molecule has 1 aromatic rings. The highest BCUT2D eigenvalue weighted by Gasteiger charge is 2.04. The molecule has 0 spiro atoms. The molecule has 0 radical (unpaired) electrons. The average Bonchev–Trinajstić information content (AvgIpc) is 2.01. The van der Waals surface area contributed by atoms with Gasteiger partial charge in [-0.3, -0.25) is 9.78 Å². The summed E-state index contributed by atoms with van der Waals surface area (Å²) in [6.45, 7) is 3.59. The van der Waals surface area contributed by atoms with E-state index < -0.39 is 5.78 Å². The van der Waals surface area contributed by atoms with Gasteiger partial charge < -0.3 is 0 Å². The molecule has 0 aliphatic rings. The summed E-state index contributed by atoms with van der Waals surface area (Å²) in [5.74, 6) is -0.511. The molecule has 0 bridgehead atoms. The molecule has 3 heteroatoms. The molecular weight excluding hydrogens is 152 g/mol. The van der Waals surface area contributed by atoms with Crippen LogP contribution in [0.4, 0.5) is 0 Å². The molecule has 0 N–H and O–H groups in total. The van der Waals surface area contributed by atoms with Crippen molar-refractivity contribution >= 4 is 5.78 Å². The summed E-state index contributed by atoms with van der Waals surface area (Å²) in [5.41, 5.74) is 1.93. The van der Waals surface area contributed by atoms with Crippen LogP contribution in [-0.4, -0.2) is 10.8 Å². The van der Waals surface area contributed by atoms with Gasteiger partial charge in [0.1, 0.15) is 6.07 Å². The third-order valence-electron chi connectivity index (χ3n) is 1.45. The molecule has 0 fully saturated rings. The number of hydrogen-bond acceptors (Lipinski definition) is 3. The maximum Gasteiger partial charge on any atom is 0.262 e. The predicted octanol–water partition coefficient (Wildman–Crippen LogP) is 1.40. The van der Waals surface area contributed by atoms with E-state index in [2.05, 4.69) is 4.98 Å². The van der Waals surface area contributed by atoms with E-state index in [4.69, 9.17) is 5.26 Å².